The van der Waals surface area contributed by atoms with Gasteiger partial charge >= 0.3 is 0 Å². The van der Waals surface area contributed by atoms with Crippen LogP contribution >= 0.6 is 31.9 Å². The molecule has 1 amide bonds. The molecule has 0 saturated heterocycles. The average Bonchev–Trinajstić information content (AvgIpc) is 2.10. The number of carbonyl (C=O) groups excluding carboxylic acids is 1. The third-order valence-corrected chi connectivity index (χ3v) is 2.16. The Bertz CT molecular complexity index is 400. The van der Waals surface area contributed by atoms with Crippen LogP contribution in [0.25, 0.3) is 0 Å². The van der Waals surface area contributed by atoms with Crippen molar-refractivity contribution in [2.45, 2.75) is 6.42 Å². The average molecular weight is 319 g/mol. The first kappa shape index (κ1) is 11.1. The molecule has 6 heteroatoms. The molecule has 1 N–H and O–H groups in total. The summed E-state index contributed by atoms with van der Waals surface area (Å²) < 4.78 is 1.04. The molecule has 0 spiro atoms. The lowest BCUT2D eigenvalue weighted by Gasteiger charge is -2.03. The Kier molecular flexibility index (Phi) is 4.04. The fourth-order valence-corrected chi connectivity index (χ4v) is 1.61. The Labute approximate surface area is 97.8 Å². The van der Waals surface area contributed by atoms with Crippen molar-refractivity contribution in [3.05, 3.63) is 15.4 Å². The molecule has 0 aliphatic heterocycles. The molecule has 0 bridgehead atoms. The first-order valence-electron chi connectivity index (χ1n) is 3.55. The van der Waals surface area contributed by atoms with E-state index in [1.165, 1.54) is 6.20 Å². The third-order valence-electron chi connectivity index (χ3n) is 1.22. The predicted molar refractivity (Wildman–Crippen MR) is 59.5 cm³/mol. The van der Waals surface area contributed by atoms with Gasteiger partial charge in [-0.2, -0.15) is 0 Å². The summed E-state index contributed by atoms with van der Waals surface area (Å²) in [6.07, 6.45) is 6.48. The van der Waals surface area contributed by atoms with Crippen molar-refractivity contribution in [2.75, 3.05) is 5.32 Å². The van der Waals surface area contributed by atoms with Crippen LogP contribution in [0.3, 0.4) is 0 Å². The molecule has 1 aromatic rings. The number of nitrogens with zero attached hydrogens (tertiary/aromatic N) is 2. The first-order chi connectivity index (χ1) is 6.63. The maximum Gasteiger partial charge on any atom is 0.237 e. The Hall–Kier alpha value is -0.930. The van der Waals surface area contributed by atoms with Gasteiger partial charge in [-0.25, -0.2) is 9.97 Å². The molecular weight excluding hydrogens is 314 g/mol. The van der Waals surface area contributed by atoms with E-state index in [0.717, 1.165) is 0 Å². The summed E-state index contributed by atoms with van der Waals surface area (Å²) >= 11 is 6.30. The molecule has 0 radical (unpaired) electrons. The number of aromatic nitrogens is 2. The van der Waals surface area contributed by atoms with E-state index in [1.807, 2.05) is 0 Å². The van der Waals surface area contributed by atoms with Gasteiger partial charge in [0.05, 0.1) is 12.6 Å². The van der Waals surface area contributed by atoms with E-state index in [2.05, 4.69) is 53.1 Å². The Morgan fingerprint density at radius 3 is 2.93 bits per heavy atom. The van der Waals surface area contributed by atoms with E-state index >= 15 is 0 Å². The van der Waals surface area contributed by atoms with Gasteiger partial charge < -0.3 is 5.32 Å². The van der Waals surface area contributed by atoms with Gasteiger partial charge in [0.1, 0.15) is 9.21 Å². The van der Waals surface area contributed by atoms with Gasteiger partial charge in [0.2, 0.25) is 5.91 Å². The van der Waals surface area contributed by atoms with Crippen LogP contribution in [0.15, 0.2) is 15.4 Å². The van der Waals surface area contributed by atoms with E-state index in [1.54, 1.807) is 0 Å². The van der Waals surface area contributed by atoms with Crippen LogP contribution in [-0.4, -0.2) is 15.9 Å². The minimum atomic E-state index is -0.287. The number of halogens is 2. The number of terminal acetylenes is 1. The summed E-state index contributed by atoms with van der Waals surface area (Å²) in [7, 11) is 0. The Morgan fingerprint density at radius 1 is 1.64 bits per heavy atom. The van der Waals surface area contributed by atoms with Crippen molar-refractivity contribution in [2.24, 2.45) is 0 Å². The van der Waals surface area contributed by atoms with Gasteiger partial charge in [-0.05, 0) is 31.9 Å². The van der Waals surface area contributed by atoms with E-state index < -0.39 is 0 Å². The molecular formula is C8H5Br2N3O. The summed E-state index contributed by atoms with van der Waals surface area (Å²) in [5.74, 6) is 2.30. The number of anilines is 1. The molecule has 0 aromatic carbocycles. The highest BCUT2D eigenvalue weighted by Crippen LogP contribution is 2.19. The molecule has 4 nitrogen and oxygen atoms in total. The van der Waals surface area contributed by atoms with Crippen molar-refractivity contribution >= 4 is 43.6 Å². The van der Waals surface area contributed by atoms with Gasteiger partial charge in [0.15, 0.2) is 5.82 Å². The summed E-state index contributed by atoms with van der Waals surface area (Å²) in [5.41, 5.74) is 0. The van der Waals surface area contributed by atoms with Crippen LogP contribution in [-0.2, 0) is 4.79 Å². The van der Waals surface area contributed by atoms with E-state index in [0.29, 0.717) is 15.0 Å². The molecule has 0 unspecified atom stereocenters. The van der Waals surface area contributed by atoms with Gasteiger partial charge in [0, 0.05) is 0 Å². The molecule has 1 aromatic heterocycles. The van der Waals surface area contributed by atoms with E-state index in [-0.39, 0.29) is 12.3 Å². The van der Waals surface area contributed by atoms with E-state index in [4.69, 9.17) is 6.42 Å². The zero-order chi connectivity index (χ0) is 10.6. The van der Waals surface area contributed by atoms with Crippen molar-refractivity contribution < 1.29 is 4.79 Å². The van der Waals surface area contributed by atoms with Crippen molar-refractivity contribution in [3.63, 3.8) is 0 Å². The number of carbonyl (C=O) groups is 1. The van der Waals surface area contributed by atoms with Crippen molar-refractivity contribution in [3.8, 4) is 12.3 Å². The SMILES string of the molecule is C#CCC(=O)Nc1ncc(Br)nc1Br. The second-order valence-electron chi connectivity index (χ2n) is 2.26. The summed E-state index contributed by atoms with van der Waals surface area (Å²) in [6, 6.07) is 0. The fourth-order valence-electron chi connectivity index (χ4n) is 0.699. The largest absolute Gasteiger partial charge is 0.308 e. The molecule has 1 heterocycles. The lowest BCUT2D eigenvalue weighted by molar-refractivity contribution is -0.115. The van der Waals surface area contributed by atoms with Crippen LogP contribution in [0.5, 0.6) is 0 Å². The molecule has 14 heavy (non-hydrogen) atoms. The second-order valence-corrected chi connectivity index (χ2v) is 3.82. The van der Waals surface area contributed by atoms with Gasteiger partial charge in [0.25, 0.3) is 0 Å². The maximum absolute atomic E-state index is 11.1. The van der Waals surface area contributed by atoms with Crippen molar-refractivity contribution in [1.82, 2.24) is 9.97 Å². The number of nitrogens with one attached hydrogen (secondary N) is 1. The highest BCUT2D eigenvalue weighted by atomic mass is 79.9. The zero-order valence-electron chi connectivity index (χ0n) is 6.92. The number of hydrogen-bond donors (Lipinski definition) is 1. The molecule has 72 valence electrons. The zero-order valence-corrected chi connectivity index (χ0v) is 10.1. The topological polar surface area (TPSA) is 54.9 Å². The normalized spacial score (nSPS) is 9.21. The Balaban J connectivity index is 2.78. The summed E-state index contributed by atoms with van der Waals surface area (Å²) in [6.45, 7) is 0. The molecule has 0 atom stereocenters. The maximum atomic E-state index is 11.1. The summed E-state index contributed by atoms with van der Waals surface area (Å²) in [4.78, 5) is 19.0. The fraction of sp³-hybridized carbons (Fsp3) is 0.125. The lowest BCUT2D eigenvalue weighted by Crippen LogP contribution is -2.12. The third kappa shape index (κ3) is 3.09. The highest BCUT2D eigenvalue weighted by Gasteiger charge is 2.06. The summed E-state index contributed by atoms with van der Waals surface area (Å²) in [5, 5.41) is 2.52. The van der Waals surface area contributed by atoms with Crippen LogP contribution in [0.4, 0.5) is 5.82 Å². The van der Waals surface area contributed by atoms with E-state index in [9.17, 15) is 4.79 Å². The minimum absolute atomic E-state index is 0.0180. The number of rotatable bonds is 2. The van der Waals surface area contributed by atoms with Crippen LogP contribution in [0.2, 0.25) is 0 Å². The Morgan fingerprint density at radius 2 is 2.36 bits per heavy atom. The van der Waals surface area contributed by atoms with Gasteiger partial charge in [-0.3, -0.25) is 4.79 Å². The lowest BCUT2D eigenvalue weighted by atomic mass is 10.4. The van der Waals surface area contributed by atoms with Gasteiger partial charge in [-0.1, -0.05) is 5.92 Å². The molecule has 1 rings (SSSR count). The molecule has 0 fully saturated rings. The van der Waals surface area contributed by atoms with Crippen LogP contribution in [0, 0.1) is 12.3 Å². The molecule has 0 aliphatic rings. The highest BCUT2D eigenvalue weighted by molar-refractivity contribution is 9.11. The monoisotopic (exact) mass is 317 g/mol. The van der Waals surface area contributed by atoms with Gasteiger partial charge in [-0.15, -0.1) is 6.42 Å². The standard InChI is InChI=1S/C8H5Br2N3O/c1-2-3-6(14)13-8-7(10)12-5(9)4-11-8/h1,4H,3H2,(H,11,13,14). The number of amides is 1. The minimum Gasteiger partial charge on any atom is -0.308 e. The smallest absolute Gasteiger partial charge is 0.237 e. The van der Waals surface area contributed by atoms with Crippen molar-refractivity contribution in [1.29, 1.82) is 0 Å². The molecule has 0 saturated carbocycles. The number of hydrogen-bond acceptors (Lipinski definition) is 3. The first-order valence-corrected chi connectivity index (χ1v) is 5.13. The molecule has 0 aliphatic carbocycles. The second kappa shape index (κ2) is 5.08. The quantitative estimate of drug-likeness (QED) is 0.848. The van der Waals surface area contributed by atoms with Crippen LogP contribution < -0.4 is 5.32 Å². The van der Waals surface area contributed by atoms with Crippen LogP contribution in [0.1, 0.15) is 6.42 Å². The predicted octanol–water partition coefficient (Wildman–Crippen LogP) is 1.96.